The number of aryl methyl sites for hydroxylation is 1. The number of nitrogens with zero attached hydrogens (tertiary/aromatic N) is 2. The summed E-state index contributed by atoms with van der Waals surface area (Å²) >= 11 is 1.85. The van der Waals surface area contributed by atoms with Crippen LogP contribution in [0.5, 0.6) is 0 Å². The minimum atomic E-state index is 0. The summed E-state index contributed by atoms with van der Waals surface area (Å²) in [5.41, 5.74) is 2.64. The van der Waals surface area contributed by atoms with E-state index >= 15 is 0 Å². The molecule has 114 valence electrons. The molecule has 0 amide bonds. The first-order valence-corrected chi connectivity index (χ1v) is 8.44. The van der Waals surface area contributed by atoms with Crippen LogP contribution in [0.4, 0.5) is 5.69 Å². The number of benzene rings is 1. The van der Waals surface area contributed by atoms with Crippen LogP contribution in [0.25, 0.3) is 10.8 Å². The number of thiophene rings is 1. The molecular formula is C18H19ClN2S. The first kappa shape index (κ1) is 15.3. The van der Waals surface area contributed by atoms with Crippen molar-refractivity contribution in [3.8, 4) is 0 Å². The van der Waals surface area contributed by atoms with Crippen molar-refractivity contribution in [3.05, 3.63) is 58.5 Å². The number of anilines is 1. The zero-order valence-corrected chi connectivity index (χ0v) is 14.0. The molecule has 1 aliphatic rings. The summed E-state index contributed by atoms with van der Waals surface area (Å²) in [6.45, 7) is 2.23. The van der Waals surface area contributed by atoms with Gasteiger partial charge in [-0.05, 0) is 30.7 Å². The van der Waals surface area contributed by atoms with E-state index in [1.54, 1.807) is 0 Å². The molecule has 0 fully saturated rings. The number of rotatable bonds is 3. The van der Waals surface area contributed by atoms with E-state index in [1.165, 1.54) is 33.5 Å². The molecule has 0 saturated carbocycles. The maximum Gasteiger partial charge on any atom is 0.0665 e. The van der Waals surface area contributed by atoms with E-state index in [9.17, 15) is 0 Å². The van der Waals surface area contributed by atoms with Crippen LogP contribution in [0, 0.1) is 0 Å². The van der Waals surface area contributed by atoms with Crippen LogP contribution in [0.15, 0.2) is 48.0 Å². The average molecular weight is 331 g/mol. The molecule has 4 heteroatoms. The largest absolute Gasteiger partial charge is 0.369 e. The van der Waals surface area contributed by atoms with Gasteiger partial charge in [0.15, 0.2) is 0 Å². The molecule has 0 bridgehead atoms. The molecule has 0 N–H and O–H groups in total. The molecule has 2 nitrogen and oxygen atoms in total. The van der Waals surface area contributed by atoms with Crippen molar-refractivity contribution >= 4 is 40.2 Å². The molecule has 4 rings (SSSR count). The summed E-state index contributed by atoms with van der Waals surface area (Å²) in [4.78, 5) is 8.71. The lowest BCUT2D eigenvalue weighted by atomic mass is 10.0. The second-order valence-electron chi connectivity index (χ2n) is 5.56. The zero-order chi connectivity index (χ0) is 14.1. The SMILES string of the molecule is Cl.c1csc(CCN2CCCc3ncc4ccccc4c32)c1. The molecule has 0 aliphatic carbocycles. The molecule has 2 aromatic heterocycles. The summed E-state index contributed by atoms with van der Waals surface area (Å²) in [5.74, 6) is 0. The van der Waals surface area contributed by atoms with Crippen molar-refractivity contribution in [2.75, 3.05) is 18.0 Å². The smallest absolute Gasteiger partial charge is 0.0665 e. The minimum absolute atomic E-state index is 0. The van der Waals surface area contributed by atoms with Crippen LogP contribution in [0.3, 0.4) is 0 Å². The number of fused-ring (bicyclic) bond motifs is 3. The Hall–Kier alpha value is -1.58. The Labute approximate surface area is 141 Å². The summed E-state index contributed by atoms with van der Waals surface area (Å²) in [5, 5.41) is 4.77. The predicted molar refractivity (Wildman–Crippen MR) is 97.5 cm³/mol. The Morgan fingerprint density at radius 3 is 2.91 bits per heavy atom. The Morgan fingerprint density at radius 1 is 1.14 bits per heavy atom. The summed E-state index contributed by atoms with van der Waals surface area (Å²) < 4.78 is 0. The van der Waals surface area contributed by atoms with Crippen molar-refractivity contribution in [1.82, 2.24) is 4.98 Å². The van der Waals surface area contributed by atoms with Crippen molar-refractivity contribution in [2.45, 2.75) is 19.3 Å². The summed E-state index contributed by atoms with van der Waals surface area (Å²) in [6, 6.07) is 13.0. The Morgan fingerprint density at radius 2 is 2.05 bits per heavy atom. The van der Waals surface area contributed by atoms with E-state index in [1.807, 2.05) is 17.5 Å². The lowest BCUT2D eigenvalue weighted by Gasteiger charge is -2.31. The molecule has 0 saturated heterocycles. The van der Waals surface area contributed by atoms with E-state index in [0.29, 0.717) is 0 Å². The standard InChI is InChI=1S/C18H18N2S.ClH/c1-2-7-16-14(5-1)13-19-17-8-3-10-20(18(16)17)11-9-15-6-4-12-21-15;/h1-2,4-7,12-13H,3,8-11H2;1H. The van der Waals surface area contributed by atoms with Gasteiger partial charge >= 0.3 is 0 Å². The van der Waals surface area contributed by atoms with Crippen molar-refractivity contribution in [2.24, 2.45) is 0 Å². The topological polar surface area (TPSA) is 16.1 Å². The maximum absolute atomic E-state index is 4.70. The second kappa shape index (κ2) is 6.67. The fourth-order valence-electron chi connectivity index (χ4n) is 3.20. The Balaban J connectivity index is 0.00000144. The van der Waals surface area contributed by atoms with Gasteiger partial charge in [0.2, 0.25) is 0 Å². The second-order valence-corrected chi connectivity index (χ2v) is 6.59. The van der Waals surface area contributed by atoms with Gasteiger partial charge in [0, 0.05) is 34.9 Å². The predicted octanol–water partition coefficient (Wildman–Crippen LogP) is 4.71. The number of aromatic nitrogens is 1. The maximum atomic E-state index is 4.70. The highest BCUT2D eigenvalue weighted by molar-refractivity contribution is 7.09. The zero-order valence-electron chi connectivity index (χ0n) is 12.4. The Kier molecular flexibility index (Phi) is 4.65. The van der Waals surface area contributed by atoms with E-state index in [2.05, 4.69) is 46.7 Å². The lowest BCUT2D eigenvalue weighted by Crippen LogP contribution is -2.31. The average Bonchev–Trinajstić information content (AvgIpc) is 3.06. The van der Waals surface area contributed by atoms with Crippen molar-refractivity contribution in [1.29, 1.82) is 0 Å². The molecule has 1 aromatic carbocycles. The quantitative estimate of drug-likeness (QED) is 0.691. The van der Waals surface area contributed by atoms with Crippen molar-refractivity contribution < 1.29 is 0 Å². The molecular weight excluding hydrogens is 312 g/mol. The number of pyridine rings is 1. The highest BCUT2D eigenvalue weighted by atomic mass is 35.5. The normalized spacial score (nSPS) is 13.7. The number of halogens is 1. The first-order chi connectivity index (χ1) is 10.4. The summed E-state index contributed by atoms with van der Waals surface area (Å²) in [6.07, 6.45) is 5.47. The van der Waals surface area contributed by atoms with E-state index < -0.39 is 0 Å². The molecule has 3 heterocycles. The van der Waals surface area contributed by atoms with Gasteiger partial charge in [-0.1, -0.05) is 30.3 Å². The van der Waals surface area contributed by atoms with E-state index in [4.69, 9.17) is 4.98 Å². The van der Waals surface area contributed by atoms with E-state index in [-0.39, 0.29) is 12.4 Å². The highest BCUT2D eigenvalue weighted by Crippen LogP contribution is 2.33. The van der Waals surface area contributed by atoms with Gasteiger partial charge in [0.25, 0.3) is 0 Å². The van der Waals surface area contributed by atoms with Crippen LogP contribution < -0.4 is 4.90 Å². The van der Waals surface area contributed by atoms with Gasteiger partial charge < -0.3 is 4.90 Å². The number of hydrogen-bond donors (Lipinski definition) is 0. The van der Waals surface area contributed by atoms with Gasteiger partial charge in [-0.25, -0.2) is 0 Å². The first-order valence-electron chi connectivity index (χ1n) is 7.56. The van der Waals surface area contributed by atoms with E-state index in [0.717, 1.165) is 25.9 Å². The molecule has 22 heavy (non-hydrogen) atoms. The van der Waals surface area contributed by atoms with Crippen LogP contribution in [0.2, 0.25) is 0 Å². The van der Waals surface area contributed by atoms with Gasteiger partial charge in [0.05, 0.1) is 11.4 Å². The third kappa shape index (κ3) is 2.83. The van der Waals surface area contributed by atoms with Crippen LogP contribution in [-0.4, -0.2) is 18.1 Å². The third-order valence-corrected chi connectivity index (χ3v) is 5.15. The van der Waals surface area contributed by atoms with Crippen LogP contribution in [-0.2, 0) is 12.8 Å². The van der Waals surface area contributed by atoms with Crippen molar-refractivity contribution in [3.63, 3.8) is 0 Å². The lowest BCUT2D eigenvalue weighted by molar-refractivity contribution is 0.680. The molecule has 1 aliphatic heterocycles. The van der Waals surface area contributed by atoms with Gasteiger partial charge in [0.1, 0.15) is 0 Å². The Bertz CT molecular complexity index is 755. The van der Waals surface area contributed by atoms with Gasteiger partial charge in [-0.15, -0.1) is 23.7 Å². The minimum Gasteiger partial charge on any atom is -0.369 e. The molecule has 0 atom stereocenters. The fourth-order valence-corrected chi connectivity index (χ4v) is 3.90. The highest BCUT2D eigenvalue weighted by Gasteiger charge is 2.20. The number of hydrogen-bond acceptors (Lipinski definition) is 3. The van der Waals surface area contributed by atoms with Gasteiger partial charge in [-0.3, -0.25) is 4.98 Å². The van der Waals surface area contributed by atoms with Crippen LogP contribution >= 0.6 is 23.7 Å². The molecule has 0 spiro atoms. The monoisotopic (exact) mass is 330 g/mol. The third-order valence-electron chi connectivity index (χ3n) is 4.21. The molecule has 0 unspecified atom stereocenters. The van der Waals surface area contributed by atoms with Crippen LogP contribution in [0.1, 0.15) is 17.0 Å². The molecule has 3 aromatic rings. The summed E-state index contributed by atoms with van der Waals surface area (Å²) in [7, 11) is 0. The van der Waals surface area contributed by atoms with Gasteiger partial charge in [-0.2, -0.15) is 0 Å². The fraction of sp³-hybridized carbons (Fsp3) is 0.278. The molecule has 0 radical (unpaired) electrons.